The summed E-state index contributed by atoms with van der Waals surface area (Å²) < 4.78 is 11.8. The lowest BCUT2D eigenvalue weighted by atomic mass is 10.1. The second kappa shape index (κ2) is 9.49. The number of ether oxygens (including phenoxy) is 2. The number of rotatable bonds is 9. The highest BCUT2D eigenvalue weighted by Crippen LogP contribution is 2.26. The van der Waals surface area contributed by atoms with Crippen LogP contribution in [-0.2, 0) is 11.3 Å². The van der Waals surface area contributed by atoms with E-state index in [1.807, 2.05) is 6.07 Å². The van der Waals surface area contributed by atoms with Gasteiger partial charge in [-0.05, 0) is 58.7 Å². The van der Waals surface area contributed by atoms with Crippen molar-refractivity contribution in [2.75, 3.05) is 13.2 Å². The van der Waals surface area contributed by atoms with Gasteiger partial charge < -0.3 is 19.9 Å². The summed E-state index contributed by atoms with van der Waals surface area (Å²) in [6.07, 6.45) is 4.32. The first-order valence-corrected chi connectivity index (χ1v) is 9.56. The van der Waals surface area contributed by atoms with E-state index in [2.05, 4.69) is 26.1 Å². The summed E-state index contributed by atoms with van der Waals surface area (Å²) in [5.41, 5.74) is 1.46. The second-order valence-corrected chi connectivity index (χ2v) is 8.19. The summed E-state index contributed by atoms with van der Waals surface area (Å²) >= 11 is 0. The van der Waals surface area contributed by atoms with Crippen molar-refractivity contribution in [2.45, 2.75) is 77.7 Å². The fraction of sp³-hybridized carbons (Fsp3) is 0.667. The Kier molecular flexibility index (Phi) is 7.62. The molecule has 1 fully saturated rings. The lowest BCUT2D eigenvalue weighted by Crippen LogP contribution is -2.42. The number of Topliss-reactive ketones (excluding diaryl/α,β-unsaturated/α-hetero) is 1. The van der Waals surface area contributed by atoms with Gasteiger partial charge in [-0.3, -0.25) is 4.79 Å². The van der Waals surface area contributed by atoms with Gasteiger partial charge in [-0.25, -0.2) is 0 Å². The van der Waals surface area contributed by atoms with Crippen LogP contribution in [0.1, 0.15) is 69.3 Å². The molecule has 2 N–H and O–H groups in total. The Morgan fingerprint density at radius 3 is 2.62 bits per heavy atom. The van der Waals surface area contributed by atoms with Crippen molar-refractivity contribution in [3.63, 3.8) is 0 Å². The molecule has 1 aliphatic rings. The summed E-state index contributed by atoms with van der Waals surface area (Å²) in [6, 6.07) is 5.40. The highest BCUT2D eigenvalue weighted by atomic mass is 16.5. The number of hydrogen-bond donors (Lipinski definition) is 2. The molecule has 1 saturated carbocycles. The van der Waals surface area contributed by atoms with E-state index in [1.165, 1.54) is 12.8 Å². The van der Waals surface area contributed by atoms with Crippen LogP contribution in [0.3, 0.4) is 0 Å². The SMILES string of the molecule is CC(=O)c1ccc(OCC(O)CNC(C)(C)C)c(COC2CCCC2)c1. The van der Waals surface area contributed by atoms with E-state index in [9.17, 15) is 9.90 Å². The zero-order valence-corrected chi connectivity index (χ0v) is 16.5. The number of carbonyl (C=O) groups excluding carboxylic acids is 1. The van der Waals surface area contributed by atoms with Crippen LogP contribution in [0.4, 0.5) is 0 Å². The zero-order valence-electron chi connectivity index (χ0n) is 16.5. The highest BCUT2D eigenvalue weighted by molar-refractivity contribution is 5.94. The summed E-state index contributed by atoms with van der Waals surface area (Å²) in [6.45, 7) is 8.80. The van der Waals surface area contributed by atoms with Gasteiger partial charge in [-0.1, -0.05) is 12.8 Å². The maximum absolute atomic E-state index is 11.7. The Hall–Kier alpha value is -1.43. The van der Waals surface area contributed by atoms with Crippen LogP contribution in [0.25, 0.3) is 0 Å². The number of hydrogen-bond acceptors (Lipinski definition) is 5. The first-order chi connectivity index (χ1) is 12.2. The normalized spacial score (nSPS) is 16.7. The molecule has 0 heterocycles. The molecule has 0 bridgehead atoms. The second-order valence-electron chi connectivity index (χ2n) is 8.19. The van der Waals surface area contributed by atoms with Crippen LogP contribution in [0.2, 0.25) is 0 Å². The monoisotopic (exact) mass is 363 g/mol. The fourth-order valence-corrected chi connectivity index (χ4v) is 2.98. The predicted octanol–water partition coefficient (Wildman–Crippen LogP) is 3.48. The largest absolute Gasteiger partial charge is 0.490 e. The minimum atomic E-state index is -0.606. The van der Waals surface area contributed by atoms with Crippen molar-refractivity contribution in [3.05, 3.63) is 29.3 Å². The number of benzene rings is 1. The first-order valence-electron chi connectivity index (χ1n) is 9.56. The highest BCUT2D eigenvalue weighted by Gasteiger charge is 2.18. The minimum absolute atomic E-state index is 0.0214. The van der Waals surface area contributed by atoms with E-state index in [0.717, 1.165) is 18.4 Å². The quantitative estimate of drug-likeness (QED) is 0.658. The lowest BCUT2D eigenvalue weighted by Gasteiger charge is -2.23. The van der Waals surface area contributed by atoms with Crippen molar-refractivity contribution in [3.8, 4) is 5.75 Å². The van der Waals surface area contributed by atoms with Crippen LogP contribution in [0.5, 0.6) is 5.75 Å². The molecule has 1 aliphatic carbocycles. The Morgan fingerprint density at radius 2 is 2.00 bits per heavy atom. The third-order valence-electron chi connectivity index (χ3n) is 4.54. The molecular formula is C21H33NO4. The Balaban J connectivity index is 1.97. The van der Waals surface area contributed by atoms with Gasteiger partial charge in [0.15, 0.2) is 5.78 Å². The van der Waals surface area contributed by atoms with Crippen molar-refractivity contribution in [1.29, 1.82) is 0 Å². The molecule has 146 valence electrons. The van der Waals surface area contributed by atoms with Gasteiger partial charge in [0.25, 0.3) is 0 Å². The molecule has 0 amide bonds. The molecule has 1 aromatic carbocycles. The smallest absolute Gasteiger partial charge is 0.159 e. The molecule has 0 aliphatic heterocycles. The van der Waals surface area contributed by atoms with E-state index in [0.29, 0.717) is 30.6 Å². The number of β-amino-alcohol motifs (C(OH)–C–C–N with tert-alkyl or cyclic N) is 1. The number of aliphatic hydroxyl groups is 1. The molecule has 0 radical (unpaired) electrons. The Bertz CT molecular complexity index is 588. The van der Waals surface area contributed by atoms with Crippen molar-refractivity contribution < 1.29 is 19.4 Å². The van der Waals surface area contributed by atoms with Gasteiger partial charge in [0.1, 0.15) is 18.5 Å². The Morgan fingerprint density at radius 1 is 1.31 bits per heavy atom. The molecule has 2 rings (SSSR count). The summed E-state index contributed by atoms with van der Waals surface area (Å²) in [5, 5.41) is 13.4. The Labute approximate surface area is 157 Å². The van der Waals surface area contributed by atoms with Crippen molar-refractivity contribution in [2.24, 2.45) is 0 Å². The molecular weight excluding hydrogens is 330 g/mol. The van der Waals surface area contributed by atoms with Gasteiger partial charge >= 0.3 is 0 Å². The molecule has 5 heteroatoms. The van der Waals surface area contributed by atoms with E-state index in [-0.39, 0.29) is 17.9 Å². The standard InChI is InChI=1S/C21H33NO4/c1-15(23)16-9-10-20(26-14-18(24)12-22-21(2,3)4)17(11-16)13-25-19-7-5-6-8-19/h9-11,18-19,22,24H,5-8,12-14H2,1-4H3. The van der Waals surface area contributed by atoms with Crippen LogP contribution >= 0.6 is 0 Å². The summed E-state index contributed by atoms with van der Waals surface area (Å²) in [5.74, 6) is 0.691. The molecule has 0 saturated heterocycles. The lowest BCUT2D eigenvalue weighted by molar-refractivity contribution is 0.0429. The summed E-state index contributed by atoms with van der Waals surface area (Å²) in [7, 11) is 0. The summed E-state index contributed by atoms with van der Waals surface area (Å²) in [4.78, 5) is 11.7. The molecule has 1 atom stereocenters. The van der Waals surface area contributed by atoms with Crippen molar-refractivity contribution in [1.82, 2.24) is 5.32 Å². The maximum Gasteiger partial charge on any atom is 0.159 e. The molecule has 1 unspecified atom stereocenters. The third kappa shape index (κ3) is 7.06. The van der Waals surface area contributed by atoms with E-state index in [4.69, 9.17) is 9.47 Å². The van der Waals surface area contributed by atoms with Crippen molar-refractivity contribution >= 4 is 5.78 Å². The minimum Gasteiger partial charge on any atom is -0.490 e. The van der Waals surface area contributed by atoms with Gasteiger partial charge in [-0.2, -0.15) is 0 Å². The topological polar surface area (TPSA) is 67.8 Å². The van der Waals surface area contributed by atoms with E-state index < -0.39 is 6.10 Å². The maximum atomic E-state index is 11.7. The zero-order chi connectivity index (χ0) is 19.2. The average Bonchev–Trinajstić information content (AvgIpc) is 3.09. The number of nitrogens with one attached hydrogen (secondary N) is 1. The van der Waals surface area contributed by atoms with E-state index in [1.54, 1.807) is 19.1 Å². The predicted molar refractivity (Wildman–Crippen MR) is 103 cm³/mol. The van der Waals surface area contributed by atoms with Crippen LogP contribution in [0.15, 0.2) is 18.2 Å². The van der Waals surface area contributed by atoms with Gasteiger partial charge in [0, 0.05) is 23.2 Å². The van der Waals surface area contributed by atoms with Gasteiger partial charge in [0.05, 0.1) is 12.7 Å². The molecule has 26 heavy (non-hydrogen) atoms. The van der Waals surface area contributed by atoms with Gasteiger partial charge in [0.2, 0.25) is 0 Å². The van der Waals surface area contributed by atoms with Crippen LogP contribution < -0.4 is 10.1 Å². The molecule has 1 aromatic rings. The number of aliphatic hydroxyl groups excluding tert-OH is 1. The van der Waals surface area contributed by atoms with Gasteiger partial charge in [-0.15, -0.1) is 0 Å². The first kappa shape index (κ1) is 20.9. The number of ketones is 1. The molecule has 0 aromatic heterocycles. The number of carbonyl (C=O) groups is 1. The third-order valence-corrected chi connectivity index (χ3v) is 4.54. The van der Waals surface area contributed by atoms with Crippen LogP contribution in [0, 0.1) is 0 Å². The average molecular weight is 363 g/mol. The van der Waals surface area contributed by atoms with Crippen LogP contribution in [-0.4, -0.2) is 41.8 Å². The fourth-order valence-electron chi connectivity index (χ4n) is 2.98. The van der Waals surface area contributed by atoms with E-state index >= 15 is 0 Å². The molecule has 0 spiro atoms. The molecule has 5 nitrogen and oxygen atoms in total.